The van der Waals surface area contributed by atoms with Crippen LogP contribution < -0.4 is 4.90 Å². The molecule has 3 aromatic heterocycles. The second-order valence-electron chi connectivity index (χ2n) is 12.6. The number of aromatic nitrogens is 2. The number of benzene rings is 7. The minimum Gasteiger partial charge on any atom is -0.456 e. The third-order valence-electron chi connectivity index (χ3n) is 9.49. The maximum Gasteiger partial charge on any atom is 0.180 e. The molecule has 0 unspecified atom stereocenters. The Morgan fingerprint density at radius 1 is 0.412 bits per heavy atom. The van der Waals surface area contributed by atoms with Gasteiger partial charge >= 0.3 is 0 Å². The molecule has 10 rings (SSSR count). The summed E-state index contributed by atoms with van der Waals surface area (Å²) in [6.07, 6.45) is 0. The average Bonchev–Trinajstić information content (AvgIpc) is 3.77. The van der Waals surface area contributed by atoms with E-state index >= 15 is 0 Å². The average molecular weight is 656 g/mol. The summed E-state index contributed by atoms with van der Waals surface area (Å²) >= 11 is 0. The van der Waals surface area contributed by atoms with Crippen molar-refractivity contribution in [2.75, 3.05) is 4.90 Å². The molecule has 0 amide bonds. The summed E-state index contributed by atoms with van der Waals surface area (Å²) < 4.78 is 12.9. The van der Waals surface area contributed by atoms with Gasteiger partial charge in [0.15, 0.2) is 11.4 Å². The van der Waals surface area contributed by atoms with E-state index in [1.165, 1.54) is 0 Å². The number of hydrogen-bond donors (Lipinski definition) is 0. The van der Waals surface area contributed by atoms with Crippen molar-refractivity contribution in [2.24, 2.45) is 0 Å². The van der Waals surface area contributed by atoms with Gasteiger partial charge < -0.3 is 13.7 Å². The molecule has 0 bridgehead atoms. The Bertz CT molecular complexity index is 2800. The van der Waals surface area contributed by atoms with Crippen LogP contribution in [0, 0.1) is 0 Å². The molecule has 0 spiro atoms. The summed E-state index contributed by atoms with van der Waals surface area (Å²) in [5.74, 6) is 0.627. The molecular weight excluding hydrogens is 627 g/mol. The van der Waals surface area contributed by atoms with E-state index < -0.39 is 0 Å². The van der Waals surface area contributed by atoms with E-state index in [4.69, 9.17) is 18.8 Å². The Kier molecular flexibility index (Phi) is 6.74. The monoisotopic (exact) mass is 655 g/mol. The van der Waals surface area contributed by atoms with E-state index in [9.17, 15) is 0 Å². The molecule has 0 atom stereocenters. The quantitative estimate of drug-likeness (QED) is 0.178. The molecule has 0 aliphatic heterocycles. The van der Waals surface area contributed by atoms with Gasteiger partial charge in [-0.05, 0) is 77.9 Å². The van der Waals surface area contributed by atoms with E-state index in [0.717, 1.165) is 83.4 Å². The summed E-state index contributed by atoms with van der Waals surface area (Å²) in [6.45, 7) is 0. The second-order valence-corrected chi connectivity index (χ2v) is 12.6. The molecule has 0 aliphatic rings. The van der Waals surface area contributed by atoms with Gasteiger partial charge in [0, 0.05) is 44.3 Å². The normalized spacial score (nSPS) is 11.5. The lowest BCUT2D eigenvalue weighted by Gasteiger charge is -2.25. The van der Waals surface area contributed by atoms with Crippen LogP contribution in [0.5, 0.6) is 0 Å². The number of para-hydroxylation sites is 3. The fourth-order valence-electron chi connectivity index (χ4n) is 7.10. The molecule has 0 saturated heterocycles. The first-order valence-electron chi connectivity index (χ1n) is 17.0. The highest BCUT2D eigenvalue weighted by Gasteiger charge is 2.21. The van der Waals surface area contributed by atoms with Crippen LogP contribution in [0.3, 0.4) is 0 Å². The highest BCUT2D eigenvalue weighted by atomic mass is 16.3. The molecule has 0 fully saturated rings. The van der Waals surface area contributed by atoms with Crippen LogP contribution in [-0.2, 0) is 0 Å². The minimum absolute atomic E-state index is 0.627. The molecule has 3 heterocycles. The van der Waals surface area contributed by atoms with Crippen LogP contribution >= 0.6 is 0 Å². The van der Waals surface area contributed by atoms with Crippen molar-refractivity contribution in [1.29, 1.82) is 0 Å². The van der Waals surface area contributed by atoms with Gasteiger partial charge in [0.25, 0.3) is 0 Å². The molecule has 7 aromatic carbocycles. The Hall–Kier alpha value is -6.98. The molecule has 5 nitrogen and oxygen atoms in total. The number of anilines is 3. The zero-order valence-corrected chi connectivity index (χ0v) is 27.4. The number of rotatable bonds is 6. The summed E-state index contributed by atoms with van der Waals surface area (Å²) in [6, 6.07) is 60.3. The highest BCUT2D eigenvalue weighted by Crippen LogP contribution is 2.41. The third-order valence-corrected chi connectivity index (χ3v) is 9.49. The van der Waals surface area contributed by atoms with Crippen LogP contribution in [-0.4, -0.2) is 9.97 Å². The molecule has 51 heavy (non-hydrogen) atoms. The zero-order chi connectivity index (χ0) is 33.7. The molecule has 0 N–H and O–H groups in total. The van der Waals surface area contributed by atoms with Crippen molar-refractivity contribution in [2.45, 2.75) is 0 Å². The van der Waals surface area contributed by atoms with Crippen LogP contribution in [0.25, 0.3) is 77.8 Å². The zero-order valence-electron chi connectivity index (χ0n) is 27.4. The van der Waals surface area contributed by atoms with Gasteiger partial charge in [-0.15, -0.1) is 0 Å². The first kappa shape index (κ1) is 29.0. The van der Waals surface area contributed by atoms with Crippen LogP contribution in [0.4, 0.5) is 17.1 Å². The topological polar surface area (TPSA) is 55.3 Å². The third kappa shape index (κ3) is 4.94. The van der Waals surface area contributed by atoms with Crippen molar-refractivity contribution in [3.63, 3.8) is 0 Å². The standard InChI is InChI=1S/C46H29N3O2/c1-4-13-31(14-5-1)43-45-44(37-19-10-11-21-39(37)51-45)48-46(47-43)38-20-12-22-40-42(38)36-28-25-32(29-41(36)50-40)30-23-26-35(27-24-30)49(33-15-6-2-7-16-33)34-17-8-3-9-18-34/h1-29H. The van der Waals surface area contributed by atoms with Gasteiger partial charge in [0.2, 0.25) is 0 Å². The number of fused-ring (bicyclic) bond motifs is 6. The number of furan rings is 2. The summed E-state index contributed by atoms with van der Waals surface area (Å²) in [4.78, 5) is 12.6. The van der Waals surface area contributed by atoms with Crippen molar-refractivity contribution in [3.8, 4) is 33.8 Å². The van der Waals surface area contributed by atoms with Gasteiger partial charge in [0.1, 0.15) is 28.0 Å². The molecule has 0 radical (unpaired) electrons. The molecular formula is C46H29N3O2. The second kappa shape index (κ2) is 11.9. The van der Waals surface area contributed by atoms with Gasteiger partial charge in [-0.1, -0.05) is 109 Å². The fourth-order valence-corrected chi connectivity index (χ4v) is 7.10. The lowest BCUT2D eigenvalue weighted by molar-refractivity contribution is 0.667. The molecule has 0 aliphatic carbocycles. The van der Waals surface area contributed by atoms with Crippen molar-refractivity contribution in [1.82, 2.24) is 9.97 Å². The SMILES string of the molecule is c1ccc(-c2nc(-c3cccc4oc5cc(-c6ccc(N(c7ccccc7)c7ccccc7)cc6)ccc5c34)nc3c2oc2ccccc23)cc1. The number of hydrogen-bond acceptors (Lipinski definition) is 5. The summed E-state index contributed by atoms with van der Waals surface area (Å²) in [7, 11) is 0. The lowest BCUT2D eigenvalue weighted by Crippen LogP contribution is -2.09. The van der Waals surface area contributed by atoms with Gasteiger partial charge in [-0.25, -0.2) is 9.97 Å². The van der Waals surface area contributed by atoms with E-state index in [0.29, 0.717) is 11.4 Å². The van der Waals surface area contributed by atoms with Crippen molar-refractivity contribution >= 4 is 61.1 Å². The Morgan fingerprint density at radius 2 is 1.04 bits per heavy atom. The predicted octanol–water partition coefficient (Wildman–Crippen LogP) is 12.7. The lowest BCUT2D eigenvalue weighted by atomic mass is 10.0. The maximum atomic E-state index is 6.53. The number of nitrogens with zero attached hydrogens (tertiary/aromatic N) is 3. The fraction of sp³-hybridized carbons (Fsp3) is 0. The Morgan fingerprint density at radius 3 is 1.78 bits per heavy atom. The Labute approximate surface area is 293 Å². The smallest absolute Gasteiger partial charge is 0.180 e. The van der Waals surface area contributed by atoms with Crippen LogP contribution in [0.1, 0.15) is 0 Å². The largest absolute Gasteiger partial charge is 0.456 e. The first-order chi connectivity index (χ1) is 25.3. The maximum absolute atomic E-state index is 6.53. The van der Waals surface area contributed by atoms with Gasteiger partial charge in [-0.2, -0.15) is 0 Å². The van der Waals surface area contributed by atoms with E-state index in [1.54, 1.807) is 0 Å². The summed E-state index contributed by atoms with van der Waals surface area (Å²) in [5.41, 5.74) is 12.0. The van der Waals surface area contributed by atoms with E-state index in [2.05, 4.69) is 120 Å². The molecule has 240 valence electrons. The predicted molar refractivity (Wildman–Crippen MR) is 208 cm³/mol. The van der Waals surface area contributed by atoms with E-state index in [-0.39, 0.29) is 0 Å². The van der Waals surface area contributed by atoms with Gasteiger partial charge in [0.05, 0.1) is 0 Å². The van der Waals surface area contributed by atoms with Crippen LogP contribution in [0.2, 0.25) is 0 Å². The van der Waals surface area contributed by atoms with E-state index in [1.807, 2.05) is 60.7 Å². The molecule has 10 aromatic rings. The van der Waals surface area contributed by atoms with Crippen molar-refractivity contribution < 1.29 is 8.83 Å². The van der Waals surface area contributed by atoms with Crippen LogP contribution in [0.15, 0.2) is 185 Å². The Balaban J connectivity index is 1.08. The summed E-state index contributed by atoms with van der Waals surface area (Å²) in [5, 5.41) is 2.97. The van der Waals surface area contributed by atoms with Gasteiger partial charge in [-0.3, -0.25) is 0 Å². The van der Waals surface area contributed by atoms with Crippen molar-refractivity contribution in [3.05, 3.63) is 176 Å². The highest BCUT2D eigenvalue weighted by molar-refractivity contribution is 6.13. The molecule has 0 saturated carbocycles. The first-order valence-corrected chi connectivity index (χ1v) is 17.0. The minimum atomic E-state index is 0.627. The molecule has 5 heteroatoms.